The summed E-state index contributed by atoms with van der Waals surface area (Å²) in [5, 5.41) is 16.5. The fourth-order valence-electron chi connectivity index (χ4n) is 3.98. The molecule has 0 amide bonds. The van der Waals surface area contributed by atoms with E-state index in [0.717, 1.165) is 68.9 Å². The molecule has 1 aromatic heterocycles. The smallest absolute Gasteiger partial charge is 0.270 e. The van der Waals surface area contributed by atoms with Crippen LogP contribution < -0.4 is 4.85 Å². The van der Waals surface area contributed by atoms with Crippen LogP contribution in [0.1, 0.15) is 36.7 Å². The van der Waals surface area contributed by atoms with Gasteiger partial charge in [0, 0.05) is 30.7 Å². The fourth-order valence-corrected chi connectivity index (χ4v) is 3.98. The Labute approximate surface area is 148 Å². The maximum Gasteiger partial charge on any atom is 0.270 e. The van der Waals surface area contributed by atoms with E-state index in [2.05, 4.69) is 28.0 Å². The van der Waals surface area contributed by atoms with Gasteiger partial charge in [-0.2, -0.15) is 0 Å². The molecule has 1 saturated heterocycles. The third-order valence-corrected chi connectivity index (χ3v) is 5.53. The SMILES string of the molecule is CCC1Cc2cc3nc(CCCN4CCOCC4)n[n+]([O-])c3cc2C1. The van der Waals surface area contributed by atoms with Crippen LogP contribution in [0.25, 0.3) is 11.0 Å². The molecule has 1 atom stereocenters. The number of nitrogens with zero attached hydrogens (tertiary/aromatic N) is 4. The summed E-state index contributed by atoms with van der Waals surface area (Å²) in [5.41, 5.74) is 4.05. The lowest BCUT2D eigenvalue weighted by Gasteiger charge is -2.26. The Morgan fingerprint density at radius 2 is 2.00 bits per heavy atom. The largest absolute Gasteiger partial charge is 0.594 e. The molecule has 0 N–H and O–H groups in total. The molecule has 134 valence electrons. The van der Waals surface area contributed by atoms with Gasteiger partial charge >= 0.3 is 0 Å². The van der Waals surface area contributed by atoms with E-state index in [9.17, 15) is 5.21 Å². The molecule has 6 nitrogen and oxygen atoms in total. The van der Waals surface area contributed by atoms with Crippen molar-refractivity contribution in [3.8, 4) is 0 Å². The quantitative estimate of drug-likeness (QED) is 0.611. The van der Waals surface area contributed by atoms with Crippen LogP contribution in [0.5, 0.6) is 0 Å². The van der Waals surface area contributed by atoms with Gasteiger partial charge in [0.1, 0.15) is 5.52 Å². The first-order chi connectivity index (χ1) is 12.2. The van der Waals surface area contributed by atoms with Crippen LogP contribution in [-0.4, -0.2) is 47.8 Å². The Balaban J connectivity index is 1.48. The molecule has 1 unspecified atom stereocenters. The van der Waals surface area contributed by atoms with Crippen LogP contribution in [0, 0.1) is 11.1 Å². The van der Waals surface area contributed by atoms with Crippen LogP contribution in [0.15, 0.2) is 12.1 Å². The first kappa shape index (κ1) is 16.7. The van der Waals surface area contributed by atoms with Crippen molar-refractivity contribution < 1.29 is 9.58 Å². The molecular formula is C19H26N4O2. The Kier molecular flexibility index (Phi) is 4.81. The Bertz CT molecular complexity index is 759. The highest BCUT2D eigenvalue weighted by Gasteiger charge is 2.23. The van der Waals surface area contributed by atoms with Crippen molar-refractivity contribution in [1.29, 1.82) is 0 Å². The zero-order chi connectivity index (χ0) is 17.2. The molecule has 2 aromatic rings. The summed E-state index contributed by atoms with van der Waals surface area (Å²) in [4.78, 5) is 7.84. The summed E-state index contributed by atoms with van der Waals surface area (Å²) in [7, 11) is 0. The van der Waals surface area contributed by atoms with E-state index in [1.165, 1.54) is 17.5 Å². The van der Waals surface area contributed by atoms with Gasteiger partial charge in [-0.15, -0.1) is 0 Å². The second-order valence-electron chi connectivity index (χ2n) is 7.25. The number of hydrogen-bond acceptors (Lipinski definition) is 5. The molecule has 2 aliphatic rings. The molecule has 0 bridgehead atoms. The summed E-state index contributed by atoms with van der Waals surface area (Å²) in [6, 6.07) is 4.12. The molecule has 1 fully saturated rings. The minimum atomic E-state index is 0.604. The molecule has 1 aliphatic heterocycles. The standard InChI is InChI=1S/C19H26N4O2/c1-2-14-10-15-12-17-18(13-16(15)11-14)23(24)21-19(20-17)4-3-5-22-6-8-25-9-7-22/h12-14H,2-11H2,1H3. The van der Waals surface area contributed by atoms with Gasteiger partial charge in [0.25, 0.3) is 5.52 Å². The number of morpholine rings is 1. The van der Waals surface area contributed by atoms with Crippen molar-refractivity contribution in [2.75, 3.05) is 32.8 Å². The number of fused-ring (bicyclic) bond motifs is 2. The summed E-state index contributed by atoms with van der Waals surface area (Å²) in [5.74, 6) is 1.36. The van der Waals surface area contributed by atoms with Crippen molar-refractivity contribution in [3.63, 3.8) is 0 Å². The van der Waals surface area contributed by atoms with Gasteiger partial charge in [-0.3, -0.25) is 4.90 Å². The Morgan fingerprint density at radius 3 is 2.76 bits per heavy atom. The average Bonchev–Trinajstić information content (AvgIpc) is 3.03. The summed E-state index contributed by atoms with van der Waals surface area (Å²) in [6.07, 6.45) is 5.07. The van der Waals surface area contributed by atoms with Gasteiger partial charge in [0.15, 0.2) is 5.82 Å². The highest BCUT2D eigenvalue weighted by molar-refractivity contribution is 5.73. The maximum absolute atomic E-state index is 12.4. The average molecular weight is 342 g/mol. The molecule has 0 radical (unpaired) electrons. The predicted octanol–water partition coefficient (Wildman–Crippen LogP) is 1.65. The van der Waals surface area contributed by atoms with E-state index in [1.807, 2.05) is 6.07 Å². The molecule has 0 saturated carbocycles. The number of aryl methyl sites for hydroxylation is 1. The maximum atomic E-state index is 12.4. The zero-order valence-electron chi connectivity index (χ0n) is 14.9. The Morgan fingerprint density at radius 1 is 1.24 bits per heavy atom. The van der Waals surface area contributed by atoms with Crippen LogP contribution in [0.3, 0.4) is 0 Å². The van der Waals surface area contributed by atoms with E-state index in [-0.39, 0.29) is 0 Å². The van der Waals surface area contributed by atoms with Gasteiger partial charge in [0.05, 0.1) is 13.2 Å². The van der Waals surface area contributed by atoms with E-state index in [4.69, 9.17) is 4.74 Å². The topological polar surface area (TPSA) is 65.2 Å². The second kappa shape index (κ2) is 7.22. The van der Waals surface area contributed by atoms with Gasteiger partial charge in [-0.1, -0.05) is 13.3 Å². The normalized spacial score (nSPS) is 20.9. The van der Waals surface area contributed by atoms with E-state index < -0.39 is 0 Å². The number of rotatable bonds is 5. The number of ether oxygens (including phenoxy) is 1. The molecule has 1 aromatic carbocycles. The minimum absolute atomic E-state index is 0.604. The number of hydrogen-bond donors (Lipinski definition) is 0. The van der Waals surface area contributed by atoms with E-state index in [0.29, 0.717) is 17.3 Å². The predicted molar refractivity (Wildman–Crippen MR) is 95.3 cm³/mol. The molecule has 0 spiro atoms. The summed E-state index contributed by atoms with van der Waals surface area (Å²) < 4.78 is 5.37. The first-order valence-electron chi connectivity index (χ1n) is 9.45. The van der Waals surface area contributed by atoms with E-state index in [1.54, 1.807) is 0 Å². The Hall–Kier alpha value is -1.79. The fraction of sp³-hybridized carbons (Fsp3) is 0.632. The molecule has 2 heterocycles. The van der Waals surface area contributed by atoms with Crippen molar-refractivity contribution in [1.82, 2.24) is 15.0 Å². The first-order valence-corrected chi connectivity index (χ1v) is 9.45. The lowest BCUT2D eigenvalue weighted by atomic mass is 10.0. The highest BCUT2D eigenvalue weighted by Crippen LogP contribution is 2.30. The molecule has 25 heavy (non-hydrogen) atoms. The van der Waals surface area contributed by atoms with Crippen LogP contribution in [0.2, 0.25) is 0 Å². The lowest BCUT2D eigenvalue weighted by molar-refractivity contribution is -0.644. The van der Waals surface area contributed by atoms with Gasteiger partial charge in [0.2, 0.25) is 0 Å². The molecule has 1 aliphatic carbocycles. The monoisotopic (exact) mass is 342 g/mol. The van der Waals surface area contributed by atoms with E-state index >= 15 is 0 Å². The summed E-state index contributed by atoms with van der Waals surface area (Å²) >= 11 is 0. The molecule has 6 heteroatoms. The van der Waals surface area contributed by atoms with Crippen molar-refractivity contribution in [2.24, 2.45) is 5.92 Å². The van der Waals surface area contributed by atoms with Crippen molar-refractivity contribution in [2.45, 2.75) is 39.0 Å². The van der Waals surface area contributed by atoms with Crippen molar-refractivity contribution >= 4 is 11.0 Å². The number of aromatic nitrogens is 3. The lowest BCUT2D eigenvalue weighted by Crippen LogP contribution is -2.37. The third-order valence-electron chi connectivity index (χ3n) is 5.53. The second-order valence-corrected chi connectivity index (χ2v) is 7.25. The third kappa shape index (κ3) is 3.60. The molecule has 4 rings (SSSR count). The highest BCUT2D eigenvalue weighted by atomic mass is 16.5. The van der Waals surface area contributed by atoms with Crippen LogP contribution >= 0.6 is 0 Å². The minimum Gasteiger partial charge on any atom is -0.594 e. The molecular weight excluding hydrogens is 316 g/mol. The number of benzene rings is 1. The van der Waals surface area contributed by atoms with Crippen LogP contribution in [-0.2, 0) is 24.0 Å². The zero-order valence-corrected chi connectivity index (χ0v) is 14.9. The van der Waals surface area contributed by atoms with Crippen molar-refractivity contribution in [3.05, 3.63) is 34.3 Å². The van der Waals surface area contributed by atoms with Crippen LogP contribution in [0.4, 0.5) is 0 Å². The van der Waals surface area contributed by atoms with Gasteiger partial charge in [-0.05, 0) is 53.8 Å². The van der Waals surface area contributed by atoms with Gasteiger partial charge < -0.3 is 9.94 Å². The summed E-state index contributed by atoms with van der Waals surface area (Å²) in [6.45, 7) is 6.85. The van der Waals surface area contributed by atoms with Gasteiger partial charge in [-0.25, -0.2) is 4.98 Å².